The molecule has 0 saturated heterocycles. The van der Waals surface area contributed by atoms with E-state index in [0.29, 0.717) is 37.6 Å². The van der Waals surface area contributed by atoms with Crippen LogP contribution in [0.4, 0.5) is 0 Å². The second-order valence-electron chi connectivity index (χ2n) is 12.5. The maximum atomic E-state index is 8.97. The zero-order valence-corrected chi connectivity index (χ0v) is 29.3. The van der Waals surface area contributed by atoms with Crippen LogP contribution in [0.15, 0.2) is 121 Å². The van der Waals surface area contributed by atoms with Gasteiger partial charge in [0.2, 0.25) is 0 Å². The van der Waals surface area contributed by atoms with Crippen LogP contribution in [0.1, 0.15) is 68.9 Å². The number of hydrogen-bond donors (Lipinski definition) is 0. The summed E-state index contributed by atoms with van der Waals surface area (Å²) in [6.45, 7) is 2.81. The van der Waals surface area contributed by atoms with E-state index in [0.717, 1.165) is 103 Å². The summed E-state index contributed by atoms with van der Waals surface area (Å²) in [5, 5.41) is 17.9. The topological polar surface area (TPSA) is 84.5 Å². The monoisotopic (exact) mass is 678 g/mol. The zero-order chi connectivity index (χ0) is 35.4. The van der Waals surface area contributed by atoms with E-state index in [-0.39, 0.29) is 0 Å². The van der Waals surface area contributed by atoms with Gasteiger partial charge in [-0.1, -0.05) is 73.9 Å². The molecule has 0 bridgehead atoms. The third-order valence-corrected chi connectivity index (χ3v) is 8.61. The Labute approximate surface area is 302 Å². The average Bonchev–Trinajstić information content (AvgIpc) is 3.19. The summed E-state index contributed by atoms with van der Waals surface area (Å²) < 4.78 is 23.8. The molecule has 51 heavy (non-hydrogen) atoms. The van der Waals surface area contributed by atoms with Crippen molar-refractivity contribution >= 4 is 0 Å². The lowest BCUT2D eigenvalue weighted by Gasteiger charge is -2.10. The van der Waals surface area contributed by atoms with Crippen LogP contribution in [0.25, 0.3) is 22.3 Å². The second kappa shape index (κ2) is 20.7. The molecule has 0 unspecified atom stereocenters. The van der Waals surface area contributed by atoms with Crippen molar-refractivity contribution in [3.63, 3.8) is 0 Å². The molecule has 0 aliphatic heterocycles. The lowest BCUT2D eigenvalue weighted by atomic mass is 10.0. The fraction of sp³-hybridized carbons (Fsp3) is 0.289. The summed E-state index contributed by atoms with van der Waals surface area (Å²) in [6.07, 6.45) is 9.68. The molecular formula is C45H46N2O4. The molecule has 0 aliphatic rings. The normalized spacial score (nSPS) is 10.5. The predicted octanol–water partition coefficient (Wildman–Crippen LogP) is 11.2. The second-order valence-corrected chi connectivity index (χ2v) is 12.5. The molecule has 0 heterocycles. The van der Waals surface area contributed by atoms with Crippen molar-refractivity contribution in [2.75, 3.05) is 26.4 Å². The Hall–Kier alpha value is -5.72. The first kappa shape index (κ1) is 36.6. The average molecular weight is 679 g/mol. The lowest BCUT2D eigenvalue weighted by Crippen LogP contribution is -2.01. The molecule has 6 nitrogen and oxygen atoms in total. The molecule has 0 fully saturated rings. The summed E-state index contributed by atoms with van der Waals surface area (Å²) in [6, 6.07) is 43.7. The third-order valence-electron chi connectivity index (χ3n) is 8.61. The Balaban J connectivity index is 0.844. The van der Waals surface area contributed by atoms with Gasteiger partial charge in [0.25, 0.3) is 0 Å². The molecule has 5 rings (SSSR count). The molecule has 260 valence electrons. The van der Waals surface area contributed by atoms with Crippen LogP contribution in [0.2, 0.25) is 0 Å². The Morgan fingerprint density at radius 3 is 0.961 bits per heavy atom. The SMILES string of the molecule is N#Cc1ccc(-c2ccc(OCCCCCCCOc3cccc(OCCCCCCOc4ccc(-c5ccc(C#N)cc5)cc4)c3)cc2)cc1. The van der Waals surface area contributed by atoms with Gasteiger partial charge in [-0.15, -0.1) is 0 Å². The Morgan fingerprint density at radius 2 is 0.627 bits per heavy atom. The minimum atomic E-state index is 0.666. The van der Waals surface area contributed by atoms with Crippen LogP contribution in [0.5, 0.6) is 23.0 Å². The lowest BCUT2D eigenvalue weighted by molar-refractivity contribution is 0.281. The summed E-state index contributed by atoms with van der Waals surface area (Å²) in [4.78, 5) is 0. The summed E-state index contributed by atoms with van der Waals surface area (Å²) in [5.74, 6) is 3.46. The smallest absolute Gasteiger partial charge is 0.122 e. The minimum Gasteiger partial charge on any atom is -0.494 e. The third kappa shape index (κ3) is 12.6. The van der Waals surface area contributed by atoms with E-state index < -0.39 is 0 Å². The van der Waals surface area contributed by atoms with Crippen LogP contribution in [-0.2, 0) is 0 Å². The highest BCUT2D eigenvalue weighted by molar-refractivity contribution is 5.66. The molecule has 6 heteroatoms. The van der Waals surface area contributed by atoms with Crippen LogP contribution >= 0.6 is 0 Å². The van der Waals surface area contributed by atoms with Crippen LogP contribution in [0, 0.1) is 22.7 Å². The molecule has 0 aliphatic carbocycles. The number of nitriles is 2. The van der Waals surface area contributed by atoms with Crippen molar-refractivity contribution in [3.8, 4) is 57.4 Å². The van der Waals surface area contributed by atoms with Crippen LogP contribution < -0.4 is 18.9 Å². The number of nitrogens with zero attached hydrogens (tertiary/aromatic N) is 2. The first-order valence-electron chi connectivity index (χ1n) is 18.0. The first-order valence-corrected chi connectivity index (χ1v) is 18.0. The number of ether oxygens (including phenoxy) is 4. The van der Waals surface area contributed by atoms with Gasteiger partial charge in [0.1, 0.15) is 23.0 Å². The Bertz CT molecular complexity index is 1820. The molecule has 0 N–H and O–H groups in total. The summed E-state index contributed by atoms with van der Waals surface area (Å²) >= 11 is 0. The van der Waals surface area contributed by atoms with Gasteiger partial charge in [-0.25, -0.2) is 0 Å². The molecule has 5 aromatic carbocycles. The maximum Gasteiger partial charge on any atom is 0.122 e. The fourth-order valence-corrected chi connectivity index (χ4v) is 5.67. The highest BCUT2D eigenvalue weighted by Gasteiger charge is 2.03. The summed E-state index contributed by atoms with van der Waals surface area (Å²) in [5.41, 5.74) is 5.73. The van der Waals surface area contributed by atoms with Crippen molar-refractivity contribution in [1.29, 1.82) is 10.5 Å². The van der Waals surface area contributed by atoms with Crippen LogP contribution in [-0.4, -0.2) is 26.4 Å². The maximum absolute atomic E-state index is 8.97. The van der Waals surface area contributed by atoms with Crippen molar-refractivity contribution < 1.29 is 18.9 Å². The predicted molar refractivity (Wildman–Crippen MR) is 203 cm³/mol. The van der Waals surface area contributed by atoms with E-state index in [2.05, 4.69) is 36.4 Å². The van der Waals surface area contributed by atoms with Gasteiger partial charge >= 0.3 is 0 Å². The van der Waals surface area contributed by atoms with E-state index in [1.54, 1.807) is 0 Å². The van der Waals surface area contributed by atoms with Gasteiger partial charge in [-0.2, -0.15) is 10.5 Å². The molecule has 5 aromatic rings. The Morgan fingerprint density at radius 1 is 0.333 bits per heavy atom. The van der Waals surface area contributed by atoms with Gasteiger partial charge in [0.05, 0.1) is 49.7 Å². The van der Waals surface area contributed by atoms with Gasteiger partial charge < -0.3 is 18.9 Å². The Kier molecular flexibility index (Phi) is 14.8. The number of benzene rings is 5. The van der Waals surface area contributed by atoms with Crippen molar-refractivity contribution in [1.82, 2.24) is 0 Å². The van der Waals surface area contributed by atoms with Gasteiger partial charge in [0, 0.05) is 6.07 Å². The van der Waals surface area contributed by atoms with E-state index in [4.69, 9.17) is 29.5 Å². The largest absolute Gasteiger partial charge is 0.494 e. The number of rotatable bonds is 21. The molecule has 0 radical (unpaired) electrons. The standard InChI is InChI=1S/C45H46N2O4/c46-34-36-13-17-38(18-14-36)40-21-25-42(26-22-40)48-29-6-2-1-3-7-31-50-44-11-10-12-45(33-44)51-32-9-5-4-8-30-49-43-27-23-41(24-28-43)39-19-15-37(35-47)16-20-39/h10-28,33H,1-9,29-32H2. The fourth-order valence-electron chi connectivity index (χ4n) is 5.67. The van der Waals surface area contributed by atoms with E-state index in [9.17, 15) is 0 Å². The highest BCUT2D eigenvalue weighted by Crippen LogP contribution is 2.25. The number of unbranched alkanes of at least 4 members (excludes halogenated alkanes) is 7. The van der Waals surface area contributed by atoms with E-state index in [1.165, 1.54) is 0 Å². The highest BCUT2D eigenvalue weighted by atomic mass is 16.5. The van der Waals surface area contributed by atoms with Crippen molar-refractivity contribution in [2.24, 2.45) is 0 Å². The molecular weight excluding hydrogens is 633 g/mol. The summed E-state index contributed by atoms with van der Waals surface area (Å²) in [7, 11) is 0. The molecule has 0 atom stereocenters. The van der Waals surface area contributed by atoms with Crippen molar-refractivity contribution in [2.45, 2.75) is 57.8 Å². The molecule has 0 aromatic heterocycles. The quantitative estimate of drug-likeness (QED) is 0.0718. The molecule has 0 saturated carbocycles. The van der Waals surface area contributed by atoms with Gasteiger partial charge in [-0.05, 0) is 121 Å². The van der Waals surface area contributed by atoms with Crippen LogP contribution in [0.3, 0.4) is 0 Å². The van der Waals surface area contributed by atoms with Gasteiger partial charge in [-0.3, -0.25) is 0 Å². The first-order chi connectivity index (χ1) is 25.2. The molecule has 0 spiro atoms. The zero-order valence-electron chi connectivity index (χ0n) is 29.3. The number of hydrogen-bond acceptors (Lipinski definition) is 6. The van der Waals surface area contributed by atoms with Gasteiger partial charge in [0.15, 0.2) is 0 Å². The molecule has 0 amide bonds. The van der Waals surface area contributed by atoms with E-state index in [1.807, 2.05) is 97.1 Å². The van der Waals surface area contributed by atoms with Crippen molar-refractivity contribution in [3.05, 3.63) is 132 Å². The van der Waals surface area contributed by atoms with E-state index >= 15 is 0 Å². The minimum absolute atomic E-state index is 0.666.